The molecule has 0 saturated heterocycles. The number of rotatable bonds is 2. The lowest BCUT2D eigenvalue weighted by molar-refractivity contribution is 0.0771. The molecule has 0 bridgehead atoms. The maximum atomic E-state index is 11.7. The van der Waals surface area contributed by atoms with Crippen molar-refractivity contribution in [2.45, 2.75) is 13.0 Å². The van der Waals surface area contributed by atoms with E-state index in [-0.39, 0.29) is 5.78 Å². The van der Waals surface area contributed by atoms with Crippen molar-refractivity contribution in [1.82, 2.24) is 4.57 Å². The number of hydrogen-bond donors (Lipinski definition) is 1. The summed E-state index contributed by atoms with van der Waals surface area (Å²) in [4.78, 5) is 11.7. The van der Waals surface area contributed by atoms with Crippen LogP contribution in [0.2, 0.25) is 0 Å². The van der Waals surface area contributed by atoms with Gasteiger partial charge >= 0.3 is 0 Å². The number of carbonyl (C=O) groups is 1. The van der Waals surface area contributed by atoms with Crippen molar-refractivity contribution in [2.24, 2.45) is 7.05 Å². The minimum Gasteiger partial charge on any atom is -0.385 e. The molecule has 0 aliphatic rings. The first kappa shape index (κ1) is 9.93. The van der Waals surface area contributed by atoms with Gasteiger partial charge in [-0.1, -0.05) is 18.2 Å². The number of fused-ring (bicyclic) bond motifs is 1. The number of aliphatic hydroxyl groups excluding tert-OH is 1. The van der Waals surface area contributed by atoms with Crippen LogP contribution in [-0.4, -0.2) is 21.6 Å². The highest BCUT2D eigenvalue weighted by atomic mass is 16.3. The average Bonchev–Trinajstić information content (AvgIpc) is 2.56. The van der Waals surface area contributed by atoms with Gasteiger partial charge in [0.15, 0.2) is 0 Å². The van der Waals surface area contributed by atoms with Crippen LogP contribution < -0.4 is 0 Å². The molecular formula is C12H13NO2. The van der Waals surface area contributed by atoms with Crippen LogP contribution >= 0.6 is 0 Å². The van der Waals surface area contributed by atoms with Crippen LogP contribution in [0.15, 0.2) is 30.3 Å². The fourth-order valence-electron chi connectivity index (χ4n) is 1.74. The predicted octanol–water partition coefficient (Wildman–Crippen LogP) is 1.74. The van der Waals surface area contributed by atoms with Crippen molar-refractivity contribution >= 4 is 16.7 Å². The van der Waals surface area contributed by atoms with Gasteiger partial charge in [0.05, 0.1) is 5.69 Å². The molecule has 0 saturated carbocycles. The Balaban J connectivity index is 2.63. The topological polar surface area (TPSA) is 42.2 Å². The molecule has 0 spiro atoms. The highest BCUT2D eigenvalue weighted by molar-refractivity contribution is 6.02. The smallest absolute Gasteiger partial charge is 0.207 e. The number of Topliss-reactive ketones (excluding diaryl/α,β-unsaturated/α-hetero) is 1. The molecule has 0 aliphatic heterocycles. The normalized spacial score (nSPS) is 13.0. The van der Waals surface area contributed by atoms with Gasteiger partial charge in [0.2, 0.25) is 5.78 Å². The van der Waals surface area contributed by atoms with Gasteiger partial charge in [-0.05, 0) is 19.1 Å². The van der Waals surface area contributed by atoms with Gasteiger partial charge in [-0.2, -0.15) is 0 Å². The minimum absolute atomic E-state index is 0.242. The Kier molecular flexibility index (Phi) is 2.32. The number of nitrogens with zero attached hydrogens (tertiary/aromatic N) is 1. The molecule has 1 aromatic carbocycles. The highest BCUT2D eigenvalue weighted by Gasteiger charge is 2.16. The zero-order valence-electron chi connectivity index (χ0n) is 8.77. The van der Waals surface area contributed by atoms with E-state index in [4.69, 9.17) is 0 Å². The van der Waals surface area contributed by atoms with Gasteiger partial charge in [-0.3, -0.25) is 4.79 Å². The van der Waals surface area contributed by atoms with Crippen molar-refractivity contribution in [3.63, 3.8) is 0 Å². The van der Waals surface area contributed by atoms with Crippen molar-refractivity contribution in [2.75, 3.05) is 0 Å². The van der Waals surface area contributed by atoms with Crippen molar-refractivity contribution in [3.05, 3.63) is 36.0 Å². The molecule has 0 amide bonds. The van der Waals surface area contributed by atoms with Gasteiger partial charge in [-0.25, -0.2) is 0 Å². The fourth-order valence-corrected chi connectivity index (χ4v) is 1.74. The first-order chi connectivity index (χ1) is 7.11. The zero-order chi connectivity index (χ0) is 11.0. The number of hydrogen-bond acceptors (Lipinski definition) is 2. The van der Waals surface area contributed by atoms with Gasteiger partial charge in [0.1, 0.15) is 6.10 Å². The molecule has 1 heterocycles. The lowest BCUT2D eigenvalue weighted by Crippen LogP contribution is -2.18. The Hall–Kier alpha value is -1.61. The van der Waals surface area contributed by atoms with Crippen LogP contribution in [0.25, 0.3) is 10.9 Å². The summed E-state index contributed by atoms with van der Waals surface area (Å²) in [5.74, 6) is -0.242. The van der Waals surface area contributed by atoms with E-state index in [1.807, 2.05) is 41.9 Å². The number of carbonyl (C=O) groups excluding carboxylic acids is 1. The number of aliphatic hydroxyl groups is 1. The summed E-state index contributed by atoms with van der Waals surface area (Å²) >= 11 is 0. The van der Waals surface area contributed by atoms with Crippen molar-refractivity contribution in [1.29, 1.82) is 0 Å². The molecule has 3 heteroatoms. The van der Waals surface area contributed by atoms with Crippen LogP contribution in [0.5, 0.6) is 0 Å². The first-order valence-electron chi connectivity index (χ1n) is 4.88. The molecule has 78 valence electrons. The monoisotopic (exact) mass is 203 g/mol. The molecule has 2 rings (SSSR count). The van der Waals surface area contributed by atoms with Crippen LogP contribution in [0.1, 0.15) is 17.4 Å². The van der Waals surface area contributed by atoms with E-state index >= 15 is 0 Å². The molecule has 0 radical (unpaired) electrons. The van der Waals surface area contributed by atoms with Gasteiger partial charge < -0.3 is 9.67 Å². The molecule has 0 aliphatic carbocycles. The van der Waals surface area contributed by atoms with E-state index in [2.05, 4.69) is 0 Å². The largest absolute Gasteiger partial charge is 0.385 e. The summed E-state index contributed by atoms with van der Waals surface area (Å²) in [5.41, 5.74) is 1.55. The quantitative estimate of drug-likeness (QED) is 0.755. The minimum atomic E-state index is -0.951. The third kappa shape index (κ3) is 1.55. The van der Waals surface area contributed by atoms with Gasteiger partial charge in [0.25, 0.3) is 0 Å². The summed E-state index contributed by atoms with van der Waals surface area (Å²) in [5, 5.41) is 10.3. The summed E-state index contributed by atoms with van der Waals surface area (Å²) in [6.07, 6.45) is -0.951. The number of benzene rings is 1. The SMILES string of the molecule is C[C@@H](O)C(=O)c1cc2ccccc2n1C. The maximum Gasteiger partial charge on any atom is 0.207 e. The summed E-state index contributed by atoms with van der Waals surface area (Å²) in [6.45, 7) is 1.49. The summed E-state index contributed by atoms with van der Waals surface area (Å²) < 4.78 is 1.81. The van der Waals surface area contributed by atoms with Gasteiger partial charge in [0, 0.05) is 18.0 Å². The third-order valence-corrected chi connectivity index (χ3v) is 2.58. The Morgan fingerprint density at radius 1 is 1.40 bits per heavy atom. The van der Waals surface area contributed by atoms with E-state index in [1.54, 1.807) is 0 Å². The molecule has 3 nitrogen and oxygen atoms in total. The van der Waals surface area contributed by atoms with Crippen molar-refractivity contribution in [3.8, 4) is 0 Å². The number of aryl methyl sites for hydroxylation is 1. The Labute approximate surface area is 87.9 Å². The van der Waals surface area contributed by atoms with Crippen molar-refractivity contribution < 1.29 is 9.90 Å². The zero-order valence-corrected chi connectivity index (χ0v) is 8.77. The molecule has 15 heavy (non-hydrogen) atoms. The Bertz CT molecular complexity index is 511. The molecule has 0 unspecified atom stereocenters. The number of para-hydroxylation sites is 1. The Morgan fingerprint density at radius 2 is 2.07 bits per heavy atom. The van der Waals surface area contributed by atoms with Gasteiger partial charge in [-0.15, -0.1) is 0 Å². The Morgan fingerprint density at radius 3 is 2.67 bits per heavy atom. The molecule has 2 aromatic rings. The molecule has 0 fully saturated rings. The van der Waals surface area contributed by atoms with Crippen LogP contribution in [0, 0.1) is 0 Å². The molecule has 1 N–H and O–H groups in total. The lowest BCUT2D eigenvalue weighted by atomic mass is 10.2. The van der Waals surface area contributed by atoms with E-state index in [1.165, 1.54) is 6.92 Å². The predicted molar refractivity (Wildman–Crippen MR) is 58.9 cm³/mol. The fraction of sp³-hybridized carbons (Fsp3) is 0.250. The highest BCUT2D eigenvalue weighted by Crippen LogP contribution is 2.19. The second-order valence-electron chi connectivity index (χ2n) is 3.69. The van der Waals surface area contributed by atoms with Crippen LogP contribution in [0.4, 0.5) is 0 Å². The summed E-state index contributed by atoms with van der Waals surface area (Å²) in [6, 6.07) is 9.57. The van der Waals surface area contributed by atoms with E-state index in [0.29, 0.717) is 5.69 Å². The van der Waals surface area contributed by atoms with E-state index in [0.717, 1.165) is 10.9 Å². The molecular weight excluding hydrogens is 190 g/mol. The number of ketones is 1. The average molecular weight is 203 g/mol. The third-order valence-electron chi connectivity index (χ3n) is 2.58. The first-order valence-corrected chi connectivity index (χ1v) is 4.88. The second kappa shape index (κ2) is 3.51. The summed E-state index contributed by atoms with van der Waals surface area (Å²) in [7, 11) is 1.83. The maximum absolute atomic E-state index is 11.7. The lowest BCUT2D eigenvalue weighted by Gasteiger charge is -2.04. The molecule has 1 aromatic heterocycles. The van der Waals surface area contributed by atoms with E-state index < -0.39 is 6.10 Å². The molecule has 1 atom stereocenters. The van der Waals surface area contributed by atoms with Crippen LogP contribution in [-0.2, 0) is 7.05 Å². The standard InChI is InChI=1S/C12H13NO2/c1-8(14)12(15)11-7-9-5-3-4-6-10(9)13(11)2/h3-8,14H,1-2H3/t8-/m1/s1. The van der Waals surface area contributed by atoms with Crippen LogP contribution in [0.3, 0.4) is 0 Å². The number of aromatic nitrogens is 1. The van der Waals surface area contributed by atoms with E-state index in [9.17, 15) is 9.90 Å². The second-order valence-corrected chi connectivity index (χ2v) is 3.69.